The summed E-state index contributed by atoms with van der Waals surface area (Å²) in [4.78, 5) is 0. The van der Waals surface area contributed by atoms with Crippen molar-refractivity contribution in [1.82, 2.24) is 0 Å². The minimum absolute atomic E-state index is 0. The van der Waals surface area contributed by atoms with E-state index in [-0.39, 0.29) is 12.4 Å². The molecule has 0 fully saturated rings. The van der Waals surface area contributed by atoms with Gasteiger partial charge in [0, 0.05) is 0 Å². The molecule has 0 rings (SSSR count). The van der Waals surface area contributed by atoms with Gasteiger partial charge in [0.15, 0.2) is 0 Å². The Hall–Kier alpha value is 1.00. The molecule has 0 amide bonds. The summed E-state index contributed by atoms with van der Waals surface area (Å²) < 4.78 is 4.74. The third-order valence-electron chi connectivity index (χ3n) is 2.09. The van der Waals surface area contributed by atoms with Gasteiger partial charge in [0.25, 0.3) is 0 Å². The molecule has 0 saturated carbocycles. The molecule has 0 radical (unpaired) electrons. The Kier molecular flexibility index (Phi) is 11.5. The van der Waals surface area contributed by atoms with E-state index in [2.05, 4.69) is 41.5 Å². The van der Waals surface area contributed by atoms with Crippen LogP contribution < -0.4 is 0 Å². The van der Waals surface area contributed by atoms with Gasteiger partial charge in [-0.3, -0.25) is 0 Å². The molecule has 0 aromatic heterocycles. The summed E-state index contributed by atoms with van der Waals surface area (Å²) >= 11 is -0.681. The quantitative estimate of drug-likeness (QED) is 0.569. The van der Waals surface area contributed by atoms with E-state index in [9.17, 15) is 0 Å². The Morgan fingerprint density at radius 3 is 1.00 bits per heavy atom. The van der Waals surface area contributed by atoms with Gasteiger partial charge in [0.2, 0.25) is 0 Å². The van der Waals surface area contributed by atoms with Gasteiger partial charge in [-0.1, -0.05) is 0 Å². The van der Waals surface area contributed by atoms with Crippen molar-refractivity contribution >= 4 is 12.4 Å². The zero-order valence-corrected chi connectivity index (χ0v) is 13.1. The first-order chi connectivity index (χ1) is 5.91. The second kappa shape index (κ2) is 9.25. The maximum absolute atomic E-state index is 2.38. The SMILES string of the molecule is CC(C)[CH2][Ti]([CH2]C(C)C)[CH2]C(C)C.Cl. The van der Waals surface area contributed by atoms with E-state index in [1.807, 2.05) is 0 Å². The molecule has 0 N–H and O–H groups in total. The number of halogens is 1. The van der Waals surface area contributed by atoms with Crippen molar-refractivity contribution in [1.29, 1.82) is 0 Å². The van der Waals surface area contributed by atoms with Gasteiger partial charge < -0.3 is 0 Å². The van der Waals surface area contributed by atoms with Crippen LogP contribution in [0.15, 0.2) is 0 Å². The summed E-state index contributed by atoms with van der Waals surface area (Å²) in [7, 11) is 0. The summed E-state index contributed by atoms with van der Waals surface area (Å²) in [5.74, 6) is 2.81. The molecule has 0 nitrogen and oxygen atoms in total. The van der Waals surface area contributed by atoms with E-state index in [0.717, 1.165) is 17.8 Å². The van der Waals surface area contributed by atoms with Gasteiger partial charge in [-0.15, -0.1) is 12.4 Å². The molecule has 0 unspecified atom stereocenters. The first kappa shape index (κ1) is 17.4. The van der Waals surface area contributed by atoms with E-state index < -0.39 is 17.9 Å². The van der Waals surface area contributed by atoms with Gasteiger partial charge in [-0.05, 0) is 0 Å². The van der Waals surface area contributed by atoms with Crippen LogP contribution in [-0.4, -0.2) is 0 Å². The molecule has 87 valence electrons. The predicted octanol–water partition coefficient (Wildman–Crippen LogP) is 5.25. The Labute approximate surface area is 103 Å². The molecule has 0 aromatic carbocycles. The Balaban J connectivity index is 0. The predicted molar refractivity (Wildman–Crippen MR) is 66.2 cm³/mol. The van der Waals surface area contributed by atoms with Gasteiger partial charge in [0.1, 0.15) is 0 Å². The maximum atomic E-state index is 2.38. The van der Waals surface area contributed by atoms with Crippen LogP contribution in [0, 0.1) is 17.8 Å². The second-order valence-corrected chi connectivity index (χ2v) is 9.80. The fraction of sp³-hybridized carbons (Fsp3) is 1.00. The Bertz CT molecular complexity index is 97.7. The van der Waals surface area contributed by atoms with Crippen molar-refractivity contribution in [3.8, 4) is 0 Å². The minimum atomic E-state index is -0.681. The molecule has 0 aromatic rings. The molecule has 0 atom stereocenters. The molecule has 0 aliphatic carbocycles. The Morgan fingerprint density at radius 2 is 0.857 bits per heavy atom. The minimum Gasteiger partial charge on any atom is -0.147 e. The number of rotatable bonds is 6. The van der Waals surface area contributed by atoms with Crippen LogP contribution >= 0.6 is 12.4 Å². The molecule has 14 heavy (non-hydrogen) atoms. The van der Waals surface area contributed by atoms with Crippen LogP contribution in [0.1, 0.15) is 41.5 Å². The zero-order chi connectivity index (χ0) is 10.4. The summed E-state index contributed by atoms with van der Waals surface area (Å²) in [5, 5.41) is 0. The van der Waals surface area contributed by atoms with E-state index in [0.29, 0.717) is 0 Å². The molecular formula is C12H28ClTi. The van der Waals surface area contributed by atoms with Crippen LogP contribution in [0.25, 0.3) is 0 Å². The first-order valence-electron chi connectivity index (χ1n) is 5.75. The zero-order valence-electron chi connectivity index (χ0n) is 10.8. The average molecular weight is 256 g/mol. The van der Waals surface area contributed by atoms with Crippen molar-refractivity contribution in [3.05, 3.63) is 0 Å². The van der Waals surface area contributed by atoms with Crippen molar-refractivity contribution < 1.29 is 17.9 Å². The van der Waals surface area contributed by atoms with E-state index in [1.54, 1.807) is 14.2 Å². The van der Waals surface area contributed by atoms with Crippen molar-refractivity contribution in [2.45, 2.75) is 55.7 Å². The van der Waals surface area contributed by atoms with Gasteiger partial charge in [0.05, 0.1) is 0 Å². The van der Waals surface area contributed by atoms with E-state index in [4.69, 9.17) is 0 Å². The molecule has 0 heterocycles. The molecule has 0 bridgehead atoms. The van der Waals surface area contributed by atoms with Crippen molar-refractivity contribution in [3.63, 3.8) is 0 Å². The van der Waals surface area contributed by atoms with Crippen LogP contribution in [0.2, 0.25) is 14.2 Å². The number of hydrogen-bond acceptors (Lipinski definition) is 0. The molecule has 0 aliphatic heterocycles. The van der Waals surface area contributed by atoms with Gasteiger partial charge >= 0.3 is 91.3 Å². The fourth-order valence-electron chi connectivity index (χ4n) is 1.98. The van der Waals surface area contributed by atoms with Crippen molar-refractivity contribution in [2.24, 2.45) is 17.8 Å². The van der Waals surface area contributed by atoms with Crippen LogP contribution in [0.5, 0.6) is 0 Å². The summed E-state index contributed by atoms with van der Waals surface area (Å²) in [6.07, 6.45) is 0. The molecular weight excluding hydrogens is 227 g/mol. The normalized spacial score (nSPS) is 10.9. The fourth-order valence-corrected chi connectivity index (χ4v) is 8.17. The summed E-state index contributed by atoms with van der Waals surface area (Å²) in [5.41, 5.74) is 0. The molecule has 2 heteroatoms. The molecule has 0 spiro atoms. The Morgan fingerprint density at radius 1 is 0.643 bits per heavy atom. The third kappa shape index (κ3) is 11.1. The largest absolute Gasteiger partial charge is 0.147 e. The molecule has 0 saturated heterocycles. The molecule has 0 aliphatic rings. The monoisotopic (exact) mass is 255 g/mol. The standard InChI is InChI=1S/3C4H9.ClH.Ti/c3*1-4(2)3;;/h3*4H,1H2,2-3H3;1H;. The average Bonchev–Trinajstić information content (AvgIpc) is 1.80. The first-order valence-corrected chi connectivity index (χ1v) is 9.06. The summed E-state index contributed by atoms with van der Waals surface area (Å²) in [6, 6.07) is 0. The number of hydrogen-bond donors (Lipinski definition) is 0. The van der Waals surface area contributed by atoms with Gasteiger partial charge in [-0.25, -0.2) is 0 Å². The van der Waals surface area contributed by atoms with E-state index in [1.165, 1.54) is 0 Å². The van der Waals surface area contributed by atoms with Crippen LogP contribution in [0.4, 0.5) is 0 Å². The summed E-state index contributed by atoms with van der Waals surface area (Å²) in [6.45, 7) is 14.3. The smallest absolute Gasteiger partial charge is 0.147 e. The second-order valence-electron chi connectivity index (χ2n) is 5.54. The van der Waals surface area contributed by atoms with Gasteiger partial charge in [-0.2, -0.15) is 0 Å². The van der Waals surface area contributed by atoms with E-state index >= 15 is 0 Å². The maximum Gasteiger partial charge on any atom is -0.147 e. The topological polar surface area (TPSA) is 0 Å². The van der Waals surface area contributed by atoms with Crippen LogP contribution in [-0.2, 0) is 17.9 Å². The third-order valence-corrected chi connectivity index (χ3v) is 8.62. The van der Waals surface area contributed by atoms with Crippen LogP contribution in [0.3, 0.4) is 0 Å². The van der Waals surface area contributed by atoms with Crippen molar-refractivity contribution in [2.75, 3.05) is 0 Å².